The molecule has 22 heavy (non-hydrogen) atoms. The van der Waals surface area contributed by atoms with Crippen molar-refractivity contribution < 1.29 is 14.3 Å². The Morgan fingerprint density at radius 3 is 3.23 bits per heavy atom. The summed E-state index contributed by atoms with van der Waals surface area (Å²) in [5.41, 5.74) is 2.37. The number of amides is 1. The van der Waals surface area contributed by atoms with Gasteiger partial charge in [-0.25, -0.2) is 0 Å². The second-order valence-corrected chi connectivity index (χ2v) is 6.40. The molecule has 6 nitrogen and oxygen atoms in total. The van der Waals surface area contributed by atoms with Crippen molar-refractivity contribution in [2.24, 2.45) is 0 Å². The molecule has 1 aromatic rings. The summed E-state index contributed by atoms with van der Waals surface area (Å²) in [6.45, 7) is 3.63. The Morgan fingerprint density at radius 1 is 1.32 bits per heavy atom. The van der Waals surface area contributed by atoms with Crippen LogP contribution in [0.25, 0.3) is 0 Å². The summed E-state index contributed by atoms with van der Waals surface area (Å²) in [6, 6.07) is 0.182. The standard InChI is InChI=1S/C16H23N3O3/c20-16(9-12-10-17-19-5-2-1-3-13(12)19)18-6-8-22-15-11-21-7-4-14(15)18/h10,14-15H,1-9,11H2/t14-,15+/m0/s1. The number of aromatic nitrogens is 2. The van der Waals surface area contributed by atoms with Crippen molar-refractivity contribution >= 4 is 5.91 Å². The topological polar surface area (TPSA) is 56.6 Å². The van der Waals surface area contributed by atoms with E-state index in [1.165, 1.54) is 18.5 Å². The van der Waals surface area contributed by atoms with E-state index < -0.39 is 0 Å². The predicted octanol–water partition coefficient (Wildman–Crippen LogP) is 0.778. The van der Waals surface area contributed by atoms with Crippen LogP contribution >= 0.6 is 0 Å². The highest BCUT2D eigenvalue weighted by Crippen LogP contribution is 2.24. The van der Waals surface area contributed by atoms with Crippen molar-refractivity contribution in [3.05, 3.63) is 17.5 Å². The van der Waals surface area contributed by atoms with Crippen LogP contribution in [-0.4, -0.2) is 59.1 Å². The molecule has 2 saturated heterocycles. The molecule has 2 atom stereocenters. The molecule has 3 aliphatic heterocycles. The number of rotatable bonds is 2. The highest BCUT2D eigenvalue weighted by Gasteiger charge is 2.37. The van der Waals surface area contributed by atoms with Crippen LogP contribution in [0.1, 0.15) is 30.5 Å². The van der Waals surface area contributed by atoms with Gasteiger partial charge >= 0.3 is 0 Å². The minimum atomic E-state index is 0.0486. The lowest BCUT2D eigenvalue weighted by Crippen LogP contribution is -2.57. The monoisotopic (exact) mass is 305 g/mol. The molecular weight excluding hydrogens is 282 g/mol. The molecule has 4 heterocycles. The van der Waals surface area contributed by atoms with E-state index in [1.54, 1.807) is 0 Å². The van der Waals surface area contributed by atoms with Gasteiger partial charge in [-0.05, 0) is 25.7 Å². The van der Waals surface area contributed by atoms with Crippen molar-refractivity contribution in [1.29, 1.82) is 0 Å². The summed E-state index contributed by atoms with van der Waals surface area (Å²) in [5.74, 6) is 0.210. The van der Waals surface area contributed by atoms with E-state index in [0.29, 0.717) is 26.2 Å². The van der Waals surface area contributed by atoms with Crippen LogP contribution in [0.4, 0.5) is 0 Å². The van der Waals surface area contributed by atoms with Gasteiger partial charge in [0.1, 0.15) is 6.10 Å². The predicted molar refractivity (Wildman–Crippen MR) is 79.5 cm³/mol. The third-order valence-electron chi connectivity index (χ3n) is 5.06. The van der Waals surface area contributed by atoms with Gasteiger partial charge in [-0.15, -0.1) is 0 Å². The summed E-state index contributed by atoms with van der Waals surface area (Å²) >= 11 is 0. The number of carbonyl (C=O) groups excluding carboxylic acids is 1. The number of morpholine rings is 1. The number of hydrogen-bond donors (Lipinski definition) is 0. The van der Waals surface area contributed by atoms with Crippen LogP contribution in [0.3, 0.4) is 0 Å². The summed E-state index contributed by atoms with van der Waals surface area (Å²) in [4.78, 5) is 14.8. The molecule has 0 radical (unpaired) electrons. The fraction of sp³-hybridized carbons (Fsp3) is 0.750. The maximum Gasteiger partial charge on any atom is 0.227 e. The molecule has 1 aromatic heterocycles. The maximum atomic E-state index is 12.8. The Bertz CT molecular complexity index is 555. The zero-order valence-electron chi connectivity index (χ0n) is 12.9. The molecule has 0 aliphatic carbocycles. The number of nitrogens with zero attached hydrogens (tertiary/aromatic N) is 3. The number of fused-ring (bicyclic) bond motifs is 2. The molecule has 0 unspecified atom stereocenters. The van der Waals surface area contributed by atoms with Crippen molar-refractivity contribution in [3.63, 3.8) is 0 Å². The summed E-state index contributed by atoms with van der Waals surface area (Å²) in [7, 11) is 0. The third kappa shape index (κ3) is 2.54. The number of aryl methyl sites for hydroxylation is 1. The Labute approximate surface area is 130 Å². The summed E-state index contributed by atoms with van der Waals surface area (Å²) in [5, 5.41) is 4.44. The molecule has 4 rings (SSSR count). The number of carbonyl (C=O) groups is 1. The Balaban J connectivity index is 1.48. The molecule has 0 spiro atoms. The zero-order chi connectivity index (χ0) is 14.9. The molecule has 2 fully saturated rings. The largest absolute Gasteiger partial charge is 0.379 e. The number of hydrogen-bond acceptors (Lipinski definition) is 4. The van der Waals surface area contributed by atoms with E-state index in [-0.39, 0.29) is 18.1 Å². The highest BCUT2D eigenvalue weighted by molar-refractivity contribution is 5.79. The second-order valence-electron chi connectivity index (χ2n) is 6.40. The van der Waals surface area contributed by atoms with Crippen LogP contribution in [0.2, 0.25) is 0 Å². The fourth-order valence-electron chi connectivity index (χ4n) is 3.89. The average Bonchev–Trinajstić information content (AvgIpc) is 2.97. The minimum absolute atomic E-state index is 0.0486. The van der Waals surface area contributed by atoms with Gasteiger partial charge < -0.3 is 14.4 Å². The Kier molecular flexibility index (Phi) is 3.88. The van der Waals surface area contributed by atoms with Crippen molar-refractivity contribution in [2.45, 2.75) is 50.8 Å². The Hall–Kier alpha value is -1.40. The van der Waals surface area contributed by atoms with Crippen LogP contribution < -0.4 is 0 Å². The quantitative estimate of drug-likeness (QED) is 0.810. The van der Waals surface area contributed by atoms with Gasteiger partial charge in [0.15, 0.2) is 0 Å². The normalized spacial score (nSPS) is 28.1. The first-order valence-electron chi connectivity index (χ1n) is 8.35. The first kappa shape index (κ1) is 14.2. The molecule has 0 bridgehead atoms. The molecule has 0 N–H and O–H groups in total. The van der Waals surface area contributed by atoms with Gasteiger partial charge in [0, 0.05) is 31.0 Å². The smallest absolute Gasteiger partial charge is 0.227 e. The summed E-state index contributed by atoms with van der Waals surface area (Å²) in [6.07, 6.45) is 6.73. The van der Waals surface area contributed by atoms with Gasteiger partial charge in [0.2, 0.25) is 5.91 Å². The van der Waals surface area contributed by atoms with Crippen molar-refractivity contribution in [3.8, 4) is 0 Å². The van der Waals surface area contributed by atoms with E-state index in [2.05, 4.69) is 9.78 Å². The van der Waals surface area contributed by atoms with Crippen molar-refractivity contribution in [2.75, 3.05) is 26.4 Å². The van der Waals surface area contributed by atoms with Crippen LogP contribution in [0, 0.1) is 0 Å². The molecule has 3 aliphatic rings. The zero-order valence-corrected chi connectivity index (χ0v) is 12.9. The van der Waals surface area contributed by atoms with Gasteiger partial charge in [-0.2, -0.15) is 5.10 Å². The molecule has 1 amide bonds. The molecule has 0 saturated carbocycles. The van der Waals surface area contributed by atoms with Crippen LogP contribution in [0.15, 0.2) is 6.20 Å². The maximum absolute atomic E-state index is 12.8. The van der Waals surface area contributed by atoms with E-state index >= 15 is 0 Å². The van der Waals surface area contributed by atoms with E-state index in [9.17, 15) is 4.79 Å². The van der Waals surface area contributed by atoms with E-state index in [4.69, 9.17) is 9.47 Å². The molecule has 120 valence electrons. The lowest BCUT2D eigenvalue weighted by Gasteiger charge is -2.43. The molecular formula is C16H23N3O3. The number of ether oxygens (including phenoxy) is 2. The van der Waals surface area contributed by atoms with Crippen LogP contribution in [-0.2, 0) is 33.7 Å². The highest BCUT2D eigenvalue weighted by atomic mass is 16.5. The van der Waals surface area contributed by atoms with Crippen LogP contribution in [0.5, 0.6) is 0 Å². The van der Waals surface area contributed by atoms with Crippen molar-refractivity contribution in [1.82, 2.24) is 14.7 Å². The van der Waals surface area contributed by atoms with E-state index in [0.717, 1.165) is 31.6 Å². The molecule has 6 heteroatoms. The minimum Gasteiger partial charge on any atom is -0.379 e. The van der Waals surface area contributed by atoms with Gasteiger partial charge in [0.25, 0.3) is 0 Å². The molecule has 0 aromatic carbocycles. The van der Waals surface area contributed by atoms with Gasteiger partial charge in [-0.3, -0.25) is 9.48 Å². The lowest BCUT2D eigenvalue weighted by atomic mass is 10.00. The lowest BCUT2D eigenvalue weighted by molar-refractivity contribution is -0.161. The second kappa shape index (κ2) is 6.01. The Morgan fingerprint density at radius 2 is 2.27 bits per heavy atom. The SMILES string of the molecule is O=C(Cc1cnn2c1CCCC2)N1CCO[C@@H]2COCC[C@@H]21. The average molecular weight is 305 g/mol. The van der Waals surface area contributed by atoms with E-state index in [1.807, 2.05) is 11.1 Å². The third-order valence-corrected chi connectivity index (χ3v) is 5.06. The van der Waals surface area contributed by atoms with Gasteiger partial charge in [-0.1, -0.05) is 0 Å². The first-order valence-corrected chi connectivity index (χ1v) is 8.35. The fourth-order valence-corrected chi connectivity index (χ4v) is 3.89. The summed E-state index contributed by atoms with van der Waals surface area (Å²) < 4.78 is 13.3. The van der Waals surface area contributed by atoms with Gasteiger partial charge in [0.05, 0.1) is 31.9 Å². The first-order chi connectivity index (χ1) is 10.8.